The maximum absolute atomic E-state index is 11.0. The zero-order valence-corrected chi connectivity index (χ0v) is 10.7. The molecule has 5 heteroatoms. The summed E-state index contributed by atoms with van der Waals surface area (Å²) in [4.78, 5) is 11.0. The minimum Gasteiger partial charge on any atom is -0.478 e. The Hall–Kier alpha value is -1.59. The second kappa shape index (κ2) is 7.68. The van der Waals surface area contributed by atoms with Crippen LogP contribution >= 0.6 is 0 Å². The number of carbonyl (C=O) groups is 1. The monoisotopic (exact) mass is 253 g/mol. The molecule has 0 spiro atoms. The van der Waals surface area contributed by atoms with Crippen molar-refractivity contribution in [2.24, 2.45) is 0 Å². The Bertz CT molecular complexity index is 375. The van der Waals surface area contributed by atoms with Crippen molar-refractivity contribution in [3.8, 4) is 0 Å². The van der Waals surface area contributed by atoms with Crippen LogP contribution in [0, 0.1) is 0 Å². The van der Waals surface area contributed by atoms with Gasteiger partial charge in [-0.2, -0.15) is 0 Å². The van der Waals surface area contributed by atoms with Crippen LogP contribution in [0.4, 0.5) is 5.69 Å². The predicted molar refractivity (Wildman–Crippen MR) is 68.9 cm³/mol. The number of carboxylic acid groups (broad SMARTS) is 1. The average molecular weight is 253 g/mol. The summed E-state index contributed by atoms with van der Waals surface area (Å²) >= 11 is 0. The first-order valence-corrected chi connectivity index (χ1v) is 5.98. The first-order chi connectivity index (χ1) is 8.69. The minimum atomic E-state index is -0.956. The van der Waals surface area contributed by atoms with E-state index in [2.05, 4.69) is 5.32 Å². The first kappa shape index (κ1) is 14.5. The number of hydrogen-bond donors (Lipinski definition) is 2. The zero-order valence-electron chi connectivity index (χ0n) is 10.7. The van der Waals surface area contributed by atoms with E-state index in [9.17, 15) is 4.79 Å². The molecule has 1 aromatic rings. The normalized spacial score (nSPS) is 10.6. The quantitative estimate of drug-likeness (QED) is 0.695. The van der Waals surface area contributed by atoms with Crippen molar-refractivity contribution in [1.82, 2.24) is 0 Å². The number of hydrogen-bond acceptors (Lipinski definition) is 4. The van der Waals surface area contributed by atoms with Gasteiger partial charge >= 0.3 is 5.97 Å². The topological polar surface area (TPSA) is 67.8 Å². The second-order valence-corrected chi connectivity index (χ2v) is 3.57. The van der Waals surface area contributed by atoms with Crippen molar-refractivity contribution in [2.75, 3.05) is 25.1 Å². The maximum Gasteiger partial charge on any atom is 0.337 e. The zero-order chi connectivity index (χ0) is 13.4. The van der Waals surface area contributed by atoms with Gasteiger partial charge < -0.3 is 19.9 Å². The van der Waals surface area contributed by atoms with Crippen molar-refractivity contribution in [2.45, 2.75) is 20.1 Å². The van der Waals surface area contributed by atoms with E-state index >= 15 is 0 Å². The van der Waals surface area contributed by atoms with Crippen molar-refractivity contribution >= 4 is 11.7 Å². The molecule has 100 valence electrons. The lowest BCUT2D eigenvalue weighted by molar-refractivity contribution is -0.126. The lowest BCUT2D eigenvalue weighted by atomic mass is 10.2. The van der Waals surface area contributed by atoms with Crippen molar-refractivity contribution in [3.05, 3.63) is 29.8 Å². The summed E-state index contributed by atoms with van der Waals surface area (Å²) in [7, 11) is 0. The number of rotatable bonds is 8. The van der Waals surface area contributed by atoms with Crippen LogP contribution in [0.25, 0.3) is 0 Å². The number of benzene rings is 1. The predicted octanol–water partition coefficient (Wildman–Crippen LogP) is 2.20. The SMILES string of the molecule is CCOC(CNc1ccccc1C(=O)O)OCC. The molecule has 1 aromatic carbocycles. The van der Waals surface area contributed by atoms with Gasteiger partial charge in [0.2, 0.25) is 0 Å². The van der Waals surface area contributed by atoms with E-state index in [1.54, 1.807) is 24.3 Å². The van der Waals surface area contributed by atoms with E-state index in [0.717, 1.165) is 0 Å². The average Bonchev–Trinajstić information content (AvgIpc) is 2.36. The van der Waals surface area contributed by atoms with Gasteiger partial charge in [-0.05, 0) is 26.0 Å². The van der Waals surface area contributed by atoms with Gasteiger partial charge in [0.1, 0.15) is 0 Å². The Morgan fingerprint density at radius 2 is 1.89 bits per heavy atom. The Morgan fingerprint density at radius 3 is 2.44 bits per heavy atom. The first-order valence-electron chi connectivity index (χ1n) is 5.98. The van der Waals surface area contributed by atoms with E-state index < -0.39 is 5.97 Å². The van der Waals surface area contributed by atoms with Crippen LogP contribution < -0.4 is 5.32 Å². The number of aromatic carboxylic acids is 1. The summed E-state index contributed by atoms with van der Waals surface area (Å²) in [5, 5.41) is 12.1. The van der Waals surface area contributed by atoms with Crippen LogP contribution in [0.15, 0.2) is 24.3 Å². The largest absolute Gasteiger partial charge is 0.478 e. The molecule has 0 aromatic heterocycles. The molecule has 0 aliphatic heterocycles. The van der Waals surface area contributed by atoms with Crippen LogP contribution in [0.5, 0.6) is 0 Å². The van der Waals surface area contributed by atoms with E-state index in [1.807, 2.05) is 13.8 Å². The lowest BCUT2D eigenvalue weighted by Gasteiger charge is -2.18. The highest BCUT2D eigenvalue weighted by Crippen LogP contribution is 2.15. The fraction of sp³-hybridized carbons (Fsp3) is 0.462. The van der Waals surface area contributed by atoms with Crippen LogP contribution in [0.3, 0.4) is 0 Å². The number of nitrogens with one attached hydrogen (secondary N) is 1. The van der Waals surface area contributed by atoms with E-state index in [0.29, 0.717) is 25.4 Å². The lowest BCUT2D eigenvalue weighted by Crippen LogP contribution is -2.27. The van der Waals surface area contributed by atoms with Crippen LogP contribution in [-0.4, -0.2) is 37.1 Å². The van der Waals surface area contributed by atoms with Gasteiger partial charge in [0.15, 0.2) is 6.29 Å². The summed E-state index contributed by atoms with van der Waals surface area (Å²) in [5.41, 5.74) is 0.804. The summed E-state index contributed by atoms with van der Waals surface area (Å²) in [6.07, 6.45) is -0.373. The van der Waals surface area contributed by atoms with Gasteiger partial charge in [0.25, 0.3) is 0 Å². The number of para-hydroxylation sites is 1. The third-order valence-corrected chi connectivity index (χ3v) is 2.32. The van der Waals surface area contributed by atoms with E-state index in [-0.39, 0.29) is 11.9 Å². The van der Waals surface area contributed by atoms with E-state index in [1.165, 1.54) is 0 Å². The number of ether oxygens (including phenoxy) is 2. The third-order valence-electron chi connectivity index (χ3n) is 2.32. The Balaban J connectivity index is 2.63. The smallest absolute Gasteiger partial charge is 0.337 e. The molecular weight excluding hydrogens is 234 g/mol. The molecule has 5 nitrogen and oxygen atoms in total. The van der Waals surface area contributed by atoms with E-state index in [4.69, 9.17) is 14.6 Å². The molecule has 0 aliphatic carbocycles. The molecule has 0 aliphatic rings. The summed E-state index contributed by atoms with van der Waals surface area (Å²) in [5.74, 6) is -0.956. The molecule has 0 amide bonds. The highest BCUT2D eigenvalue weighted by Gasteiger charge is 2.11. The molecule has 0 fully saturated rings. The Kier molecular flexibility index (Phi) is 6.18. The van der Waals surface area contributed by atoms with Crippen molar-refractivity contribution in [1.29, 1.82) is 0 Å². The van der Waals surface area contributed by atoms with Gasteiger partial charge in [-0.15, -0.1) is 0 Å². The van der Waals surface area contributed by atoms with Crippen molar-refractivity contribution < 1.29 is 19.4 Å². The van der Waals surface area contributed by atoms with Crippen LogP contribution in [-0.2, 0) is 9.47 Å². The third kappa shape index (κ3) is 4.35. The molecule has 0 radical (unpaired) electrons. The molecule has 0 saturated heterocycles. The number of anilines is 1. The number of carboxylic acids is 1. The molecular formula is C13H19NO4. The van der Waals surface area contributed by atoms with Crippen LogP contribution in [0.2, 0.25) is 0 Å². The molecule has 18 heavy (non-hydrogen) atoms. The van der Waals surface area contributed by atoms with Gasteiger partial charge in [0.05, 0.1) is 12.1 Å². The summed E-state index contributed by atoms with van der Waals surface area (Å²) in [6, 6.07) is 6.75. The molecule has 1 rings (SSSR count). The van der Waals surface area contributed by atoms with Crippen molar-refractivity contribution in [3.63, 3.8) is 0 Å². The summed E-state index contributed by atoms with van der Waals surface area (Å²) < 4.78 is 10.7. The van der Waals surface area contributed by atoms with Gasteiger partial charge in [-0.1, -0.05) is 12.1 Å². The fourth-order valence-corrected chi connectivity index (χ4v) is 1.55. The maximum atomic E-state index is 11.0. The Labute approximate surface area is 107 Å². The molecule has 0 saturated carbocycles. The van der Waals surface area contributed by atoms with Crippen LogP contribution in [0.1, 0.15) is 24.2 Å². The highest BCUT2D eigenvalue weighted by molar-refractivity contribution is 5.94. The standard InChI is InChI=1S/C13H19NO4/c1-3-17-12(18-4-2)9-14-11-8-6-5-7-10(11)13(15)16/h5-8,12,14H,3-4,9H2,1-2H3,(H,15,16). The summed E-state index contributed by atoms with van der Waals surface area (Å²) in [6.45, 7) is 5.28. The molecule has 0 atom stereocenters. The highest BCUT2D eigenvalue weighted by atomic mass is 16.7. The van der Waals surface area contributed by atoms with Gasteiger partial charge in [0, 0.05) is 18.9 Å². The van der Waals surface area contributed by atoms with Gasteiger partial charge in [-0.25, -0.2) is 4.79 Å². The molecule has 0 unspecified atom stereocenters. The molecule has 0 heterocycles. The Morgan fingerprint density at radius 1 is 1.28 bits per heavy atom. The molecule has 2 N–H and O–H groups in total. The molecule has 0 bridgehead atoms. The van der Waals surface area contributed by atoms with Gasteiger partial charge in [-0.3, -0.25) is 0 Å². The second-order valence-electron chi connectivity index (χ2n) is 3.57. The minimum absolute atomic E-state index is 0.240. The fourth-order valence-electron chi connectivity index (χ4n) is 1.55.